The van der Waals surface area contributed by atoms with E-state index in [1.54, 1.807) is 25.2 Å². The highest BCUT2D eigenvalue weighted by Crippen LogP contribution is 2.38. The first kappa shape index (κ1) is 15.1. The van der Waals surface area contributed by atoms with Gasteiger partial charge in [-0.25, -0.2) is 0 Å². The van der Waals surface area contributed by atoms with Crippen molar-refractivity contribution in [1.29, 1.82) is 0 Å². The fourth-order valence-electron chi connectivity index (χ4n) is 2.82. The fraction of sp³-hybridized carbons (Fsp3) is 0.500. The van der Waals surface area contributed by atoms with Crippen LogP contribution in [0.1, 0.15) is 25.7 Å². The van der Waals surface area contributed by atoms with Gasteiger partial charge in [-0.1, -0.05) is 18.9 Å². The van der Waals surface area contributed by atoms with E-state index in [4.69, 9.17) is 4.74 Å². The maximum absolute atomic E-state index is 12.2. The summed E-state index contributed by atoms with van der Waals surface area (Å²) in [5, 5.41) is 0. The zero-order valence-corrected chi connectivity index (χ0v) is 13.1. The first-order valence-corrected chi connectivity index (χ1v) is 8.77. The number of para-hydroxylation sites is 1. The molecule has 1 heterocycles. The van der Waals surface area contributed by atoms with E-state index in [0.29, 0.717) is 17.1 Å². The van der Waals surface area contributed by atoms with E-state index in [1.165, 1.54) is 4.90 Å². The van der Waals surface area contributed by atoms with Gasteiger partial charge in [-0.05, 0) is 25.0 Å². The number of nitrogens with zero attached hydrogens (tertiary/aromatic N) is 1. The van der Waals surface area contributed by atoms with Crippen molar-refractivity contribution in [2.45, 2.75) is 31.7 Å². The van der Waals surface area contributed by atoms with E-state index in [9.17, 15) is 13.2 Å². The molecule has 2 N–H and O–H groups in total. The summed E-state index contributed by atoms with van der Waals surface area (Å²) in [7, 11) is -2.03. The quantitative estimate of drug-likeness (QED) is 0.871. The minimum Gasteiger partial charge on any atom is -0.479 e. The number of hydrogen-bond donors (Lipinski definition) is 2. The summed E-state index contributed by atoms with van der Waals surface area (Å²) in [6, 6.07) is 5.01. The number of hydrogen-bond acceptors (Lipinski definition) is 4. The number of ether oxygens (including phenoxy) is 1. The zero-order chi connectivity index (χ0) is 15.7. The summed E-state index contributed by atoms with van der Waals surface area (Å²) in [6.45, 7) is -0.0989. The van der Waals surface area contributed by atoms with E-state index in [1.807, 2.05) is 0 Å². The number of amides is 1. The van der Waals surface area contributed by atoms with Crippen molar-refractivity contribution in [3.63, 3.8) is 0 Å². The molecular weight excluding hydrogens is 306 g/mol. The van der Waals surface area contributed by atoms with Gasteiger partial charge in [0.15, 0.2) is 12.4 Å². The Morgan fingerprint density at radius 3 is 2.73 bits per heavy atom. The molecular formula is C14H19N3O4S. The molecule has 120 valence electrons. The molecule has 1 aliphatic carbocycles. The fourth-order valence-corrected chi connectivity index (χ4v) is 4.01. The van der Waals surface area contributed by atoms with Crippen LogP contribution < -0.4 is 19.1 Å². The lowest BCUT2D eigenvalue weighted by atomic mass is 10.2. The molecule has 0 unspecified atom stereocenters. The first-order valence-electron chi connectivity index (χ1n) is 7.29. The topological polar surface area (TPSA) is 87.7 Å². The predicted molar refractivity (Wildman–Crippen MR) is 83.3 cm³/mol. The Morgan fingerprint density at radius 1 is 1.27 bits per heavy atom. The summed E-state index contributed by atoms with van der Waals surface area (Å²) in [5.41, 5.74) is 0.889. The molecule has 0 spiro atoms. The van der Waals surface area contributed by atoms with Gasteiger partial charge < -0.3 is 9.64 Å². The molecule has 1 saturated carbocycles. The molecule has 1 aromatic carbocycles. The van der Waals surface area contributed by atoms with Crippen molar-refractivity contribution in [3.05, 3.63) is 18.2 Å². The molecule has 1 aromatic rings. The number of nitrogens with one attached hydrogen (secondary N) is 2. The second kappa shape index (κ2) is 5.77. The minimum atomic E-state index is -3.67. The Kier molecular flexibility index (Phi) is 3.96. The van der Waals surface area contributed by atoms with E-state index in [-0.39, 0.29) is 18.6 Å². The molecule has 0 saturated heterocycles. The Labute approximate surface area is 129 Å². The van der Waals surface area contributed by atoms with Crippen LogP contribution in [-0.4, -0.2) is 34.0 Å². The van der Waals surface area contributed by atoms with Gasteiger partial charge >= 0.3 is 0 Å². The van der Waals surface area contributed by atoms with Crippen molar-refractivity contribution < 1.29 is 17.9 Å². The minimum absolute atomic E-state index is 0.0118. The van der Waals surface area contributed by atoms with E-state index in [2.05, 4.69) is 9.44 Å². The van der Waals surface area contributed by atoms with Crippen LogP contribution in [0.3, 0.4) is 0 Å². The van der Waals surface area contributed by atoms with Gasteiger partial charge in [-0.2, -0.15) is 13.1 Å². The van der Waals surface area contributed by atoms with E-state index < -0.39 is 10.2 Å². The largest absolute Gasteiger partial charge is 0.479 e. The number of fused-ring (bicyclic) bond motifs is 1. The Bertz CT molecular complexity index is 683. The maximum Gasteiger partial charge on any atom is 0.299 e. The average Bonchev–Trinajstić information content (AvgIpc) is 2.95. The van der Waals surface area contributed by atoms with Gasteiger partial charge in [0.05, 0.1) is 11.4 Å². The smallest absolute Gasteiger partial charge is 0.299 e. The van der Waals surface area contributed by atoms with Crippen LogP contribution in [-0.2, 0) is 15.0 Å². The molecule has 1 amide bonds. The third-order valence-electron chi connectivity index (χ3n) is 3.99. The number of carbonyl (C=O) groups excluding carboxylic acids is 1. The predicted octanol–water partition coefficient (Wildman–Crippen LogP) is 1.23. The molecule has 0 aromatic heterocycles. The number of likely N-dealkylation sites (N-methyl/N-ethyl adjacent to an activating group) is 1. The normalized spacial score (nSPS) is 19.0. The van der Waals surface area contributed by atoms with Crippen molar-refractivity contribution in [2.24, 2.45) is 0 Å². The Balaban J connectivity index is 1.82. The molecule has 22 heavy (non-hydrogen) atoms. The average molecular weight is 325 g/mol. The van der Waals surface area contributed by atoms with Gasteiger partial charge in [-0.15, -0.1) is 0 Å². The molecule has 0 radical (unpaired) electrons. The maximum atomic E-state index is 12.2. The van der Waals surface area contributed by atoms with Gasteiger partial charge in [0.25, 0.3) is 16.1 Å². The van der Waals surface area contributed by atoms with Crippen molar-refractivity contribution >= 4 is 27.5 Å². The highest BCUT2D eigenvalue weighted by Gasteiger charge is 2.27. The standard InChI is InChI=1S/C14H19N3O4S/c1-17-12-8-4-7-11(14(12)21-9-13(17)18)16-22(19,20)15-10-5-2-3-6-10/h4,7-8,10,15-16H,2-3,5-6,9H2,1H3. The SMILES string of the molecule is CN1C(=O)COc2c(NS(=O)(=O)NC3CCCC3)cccc21. The van der Waals surface area contributed by atoms with Crippen LogP contribution in [0.25, 0.3) is 0 Å². The lowest BCUT2D eigenvalue weighted by molar-refractivity contribution is -0.120. The highest BCUT2D eigenvalue weighted by molar-refractivity contribution is 7.90. The number of carbonyl (C=O) groups is 1. The van der Waals surface area contributed by atoms with Crippen molar-refractivity contribution in [2.75, 3.05) is 23.3 Å². The van der Waals surface area contributed by atoms with Crippen molar-refractivity contribution in [3.8, 4) is 5.75 Å². The summed E-state index contributed by atoms with van der Waals surface area (Å²) >= 11 is 0. The lowest BCUT2D eigenvalue weighted by Crippen LogP contribution is -2.38. The van der Waals surface area contributed by atoms with Crippen LogP contribution >= 0.6 is 0 Å². The summed E-state index contributed by atoms with van der Waals surface area (Å²) in [6.07, 6.45) is 3.82. The van der Waals surface area contributed by atoms with Crippen LogP contribution in [0.4, 0.5) is 11.4 Å². The van der Waals surface area contributed by atoms with Gasteiger partial charge in [0.2, 0.25) is 0 Å². The van der Waals surface area contributed by atoms with Crippen LogP contribution in [0.2, 0.25) is 0 Å². The third kappa shape index (κ3) is 3.02. The van der Waals surface area contributed by atoms with Crippen LogP contribution in [0.5, 0.6) is 5.75 Å². The van der Waals surface area contributed by atoms with Gasteiger partial charge in [0, 0.05) is 13.1 Å². The van der Waals surface area contributed by atoms with Gasteiger partial charge in [0.1, 0.15) is 0 Å². The van der Waals surface area contributed by atoms with Crippen molar-refractivity contribution in [1.82, 2.24) is 4.72 Å². The van der Waals surface area contributed by atoms with E-state index >= 15 is 0 Å². The summed E-state index contributed by atoms with van der Waals surface area (Å²) < 4.78 is 35.0. The number of anilines is 2. The third-order valence-corrected chi connectivity index (χ3v) is 5.12. The van der Waals surface area contributed by atoms with Gasteiger partial charge in [-0.3, -0.25) is 9.52 Å². The monoisotopic (exact) mass is 325 g/mol. The number of rotatable bonds is 4. The highest BCUT2D eigenvalue weighted by atomic mass is 32.2. The Morgan fingerprint density at radius 2 is 2.00 bits per heavy atom. The molecule has 1 fully saturated rings. The molecule has 0 bridgehead atoms. The molecule has 0 atom stereocenters. The second-order valence-corrected chi connectivity index (χ2v) is 7.05. The summed E-state index contributed by atoms with van der Waals surface area (Å²) in [5.74, 6) is 0.206. The number of benzene rings is 1. The second-order valence-electron chi connectivity index (χ2n) is 5.60. The summed E-state index contributed by atoms with van der Waals surface area (Å²) in [4.78, 5) is 13.1. The zero-order valence-electron chi connectivity index (χ0n) is 12.3. The lowest BCUT2D eigenvalue weighted by Gasteiger charge is -2.27. The first-order chi connectivity index (χ1) is 10.5. The Hall–Kier alpha value is -1.80. The van der Waals surface area contributed by atoms with Crippen LogP contribution in [0.15, 0.2) is 18.2 Å². The molecule has 7 nitrogen and oxygen atoms in total. The van der Waals surface area contributed by atoms with Crippen LogP contribution in [0, 0.1) is 0 Å². The van der Waals surface area contributed by atoms with E-state index in [0.717, 1.165) is 25.7 Å². The molecule has 1 aliphatic heterocycles. The molecule has 8 heteroatoms. The molecule has 3 rings (SSSR count). The molecule has 2 aliphatic rings.